The second kappa shape index (κ2) is 7.67. The van der Waals surface area contributed by atoms with Crippen molar-refractivity contribution in [1.82, 2.24) is 5.32 Å². The average molecular weight is 316 g/mol. The molecule has 1 aromatic carbocycles. The predicted molar refractivity (Wildman–Crippen MR) is 84.0 cm³/mol. The van der Waals surface area contributed by atoms with Crippen molar-refractivity contribution >= 4 is 35.2 Å². The van der Waals surface area contributed by atoms with Crippen LogP contribution in [0.3, 0.4) is 0 Å². The largest absolute Gasteiger partial charge is 0.396 e. The lowest BCUT2D eigenvalue weighted by molar-refractivity contribution is -0.116. The summed E-state index contributed by atoms with van der Waals surface area (Å²) >= 11 is 11.8. The summed E-state index contributed by atoms with van der Waals surface area (Å²) in [4.78, 5) is 11.7. The van der Waals surface area contributed by atoms with Crippen LogP contribution in [0, 0.1) is 5.41 Å². The molecule has 0 saturated heterocycles. The predicted octanol–water partition coefficient (Wildman–Crippen LogP) is 3.53. The standard InChI is InChI=1S/C15H19Cl2NO2/c1-15(2,5-6-19)10-18-14(20)4-3-11-7-12(16)9-13(17)8-11/h3-4,7-9,19H,5-6,10H2,1-2H3,(H,18,20)/b4-3+. The first kappa shape index (κ1) is 17.0. The van der Waals surface area contributed by atoms with Gasteiger partial charge in [-0.1, -0.05) is 37.0 Å². The quantitative estimate of drug-likeness (QED) is 0.789. The Morgan fingerprint density at radius 2 is 1.90 bits per heavy atom. The number of halogens is 2. The molecule has 20 heavy (non-hydrogen) atoms. The number of aliphatic hydroxyl groups is 1. The Bertz CT molecular complexity index is 478. The van der Waals surface area contributed by atoms with Crippen LogP contribution in [-0.4, -0.2) is 24.2 Å². The maximum atomic E-state index is 11.7. The van der Waals surface area contributed by atoms with Gasteiger partial charge < -0.3 is 10.4 Å². The number of benzene rings is 1. The van der Waals surface area contributed by atoms with E-state index in [2.05, 4.69) is 5.32 Å². The van der Waals surface area contributed by atoms with Gasteiger partial charge in [-0.25, -0.2) is 0 Å². The molecule has 3 nitrogen and oxygen atoms in total. The van der Waals surface area contributed by atoms with Crippen LogP contribution in [-0.2, 0) is 4.79 Å². The summed E-state index contributed by atoms with van der Waals surface area (Å²) in [6, 6.07) is 5.10. The van der Waals surface area contributed by atoms with Crippen LogP contribution in [0.1, 0.15) is 25.8 Å². The molecule has 110 valence electrons. The van der Waals surface area contributed by atoms with Crippen LogP contribution in [0.25, 0.3) is 6.08 Å². The van der Waals surface area contributed by atoms with Crippen LogP contribution in [0.2, 0.25) is 10.0 Å². The zero-order valence-electron chi connectivity index (χ0n) is 11.6. The molecule has 1 amide bonds. The number of amides is 1. The third kappa shape index (κ3) is 6.42. The number of rotatable bonds is 6. The summed E-state index contributed by atoms with van der Waals surface area (Å²) in [5, 5.41) is 12.8. The van der Waals surface area contributed by atoms with Gasteiger partial charge >= 0.3 is 0 Å². The minimum absolute atomic E-state index is 0.111. The van der Waals surface area contributed by atoms with Crippen LogP contribution in [0.4, 0.5) is 0 Å². The lowest BCUT2D eigenvalue weighted by Gasteiger charge is -2.23. The van der Waals surface area contributed by atoms with E-state index < -0.39 is 0 Å². The van der Waals surface area contributed by atoms with E-state index in [1.807, 2.05) is 13.8 Å². The van der Waals surface area contributed by atoms with Crippen LogP contribution < -0.4 is 5.32 Å². The zero-order chi connectivity index (χ0) is 15.2. The van der Waals surface area contributed by atoms with Gasteiger partial charge in [-0.15, -0.1) is 0 Å². The first-order valence-electron chi connectivity index (χ1n) is 6.35. The molecule has 1 rings (SSSR count). The Kier molecular flexibility index (Phi) is 6.53. The highest BCUT2D eigenvalue weighted by Crippen LogP contribution is 2.20. The molecule has 0 aliphatic carbocycles. The zero-order valence-corrected chi connectivity index (χ0v) is 13.1. The minimum Gasteiger partial charge on any atom is -0.396 e. The molecule has 0 radical (unpaired) electrons. The van der Waals surface area contributed by atoms with Gasteiger partial charge in [-0.3, -0.25) is 4.79 Å². The number of hydrogen-bond donors (Lipinski definition) is 2. The second-order valence-corrected chi connectivity index (χ2v) is 6.26. The van der Waals surface area contributed by atoms with Gasteiger partial charge in [-0.2, -0.15) is 0 Å². The molecule has 0 fully saturated rings. The number of carbonyl (C=O) groups excluding carboxylic acids is 1. The highest BCUT2D eigenvalue weighted by atomic mass is 35.5. The van der Waals surface area contributed by atoms with Crippen molar-refractivity contribution in [2.24, 2.45) is 5.41 Å². The Hall–Kier alpha value is -1.03. The number of hydrogen-bond acceptors (Lipinski definition) is 2. The van der Waals surface area contributed by atoms with E-state index in [4.69, 9.17) is 28.3 Å². The molecule has 0 unspecified atom stereocenters. The van der Waals surface area contributed by atoms with E-state index in [0.29, 0.717) is 23.0 Å². The molecule has 0 saturated carbocycles. The normalized spacial score (nSPS) is 11.8. The lowest BCUT2D eigenvalue weighted by Crippen LogP contribution is -2.33. The van der Waals surface area contributed by atoms with E-state index in [1.165, 1.54) is 6.08 Å². The topological polar surface area (TPSA) is 49.3 Å². The Morgan fingerprint density at radius 1 is 1.30 bits per heavy atom. The Labute approximate surface area is 129 Å². The third-order valence-electron chi connectivity index (χ3n) is 2.84. The van der Waals surface area contributed by atoms with Crippen molar-refractivity contribution in [2.75, 3.05) is 13.2 Å². The first-order chi connectivity index (χ1) is 9.32. The molecular formula is C15H19Cl2NO2. The molecule has 0 heterocycles. The second-order valence-electron chi connectivity index (χ2n) is 5.39. The molecule has 0 aliphatic heterocycles. The van der Waals surface area contributed by atoms with Gasteiger partial charge in [-0.05, 0) is 41.7 Å². The molecule has 5 heteroatoms. The Morgan fingerprint density at radius 3 is 2.45 bits per heavy atom. The highest BCUT2D eigenvalue weighted by Gasteiger charge is 2.17. The summed E-state index contributed by atoms with van der Waals surface area (Å²) < 4.78 is 0. The third-order valence-corrected chi connectivity index (χ3v) is 3.28. The minimum atomic E-state index is -0.188. The first-order valence-corrected chi connectivity index (χ1v) is 7.11. The van der Waals surface area contributed by atoms with Gasteiger partial charge in [0, 0.05) is 29.3 Å². The van der Waals surface area contributed by atoms with Crippen LogP contribution in [0.5, 0.6) is 0 Å². The summed E-state index contributed by atoms with van der Waals surface area (Å²) in [6.07, 6.45) is 3.74. The number of aliphatic hydroxyl groups excluding tert-OH is 1. The van der Waals surface area contributed by atoms with E-state index in [-0.39, 0.29) is 17.9 Å². The summed E-state index contributed by atoms with van der Waals surface area (Å²) in [5.74, 6) is -0.188. The van der Waals surface area contributed by atoms with E-state index >= 15 is 0 Å². The van der Waals surface area contributed by atoms with Gasteiger partial charge in [0.05, 0.1) is 0 Å². The van der Waals surface area contributed by atoms with Crippen molar-refractivity contribution < 1.29 is 9.90 Å². The van der Waals surface area contributed by atoms with E-state index in [9.17, 15) is 4.79 Å². The summed E-state index contributed by atoms with van der Waals surface area (Å²) in [6.45, 7) is 4.60. The van der Waals surface area contributed by atoms with Crippen LogP contribution >= 0.6 is 23.2 Å². The number of carbonyl (C=O) groups is 1. The molecule has 2 N–H and O–H groups in total. The van der Waals surface area contributed by atoms with Gasteiger partial charge in [0.1, 0.15) is 0 Å². The van der Waals surface area contributed by atoms with Gasteiger partial charge in [0.2, 0.25) is 5.91 Å². The van der Waals surface area contributed by atoms with E-state index in [1.54, 1.807) is 24.3 Å². The maximum Gasteiger partial charge on any atom is 0.244 e. The number of nitrogens with one attached hydrogen (secondary N) is 1. The van der Waals surface area contributed by atoms with Crippen molar-refractivity contribution in [3.8, 4) is 0 Å². The van der Waals surface area contributed by atoms with Crippen molar-refractivity contribution in [2.45, 2.75) is 20.3 Å². The molecule has 0 atom stereocenters. The van der Waals surface area contributed by atoms with Gasteiger partial charge in [0.15, 0.2) is 0 Å². The molecule has 0 bridgehead atoms. The highest BCUT2D eigenvalue weighted by molar-refractivity contribution is 6.34. The molecule has 0 spiro atoms. The van der Waals surface area contributed by atoms with E-state index in [0.717, 1.165) is 5.56 Å². The van der Waals surface area contributed by atoms with Crippen molar-refractivity contribution in [3.63, 3.8) is 0 Å². The van der Waals surface area contributed by atoms with Gasteiger partial charge in [0.25, 0.3) is 0 Å². The lowest BCUT2D eigenvalue weighted by atomic mass is 9.90. The summed E-state index contributed by atoms with van der Waals surface area (Å²) in [5.41, 5.74) is 0.643. The molecule has 0 aromatic heterocycles. The monoisotopic (exact) mass is 315 g/mol. The molecule has 0 aliphatic rings. The summed E-state index contributed by atoms with van der Waals surface area (Å²) in [7, 11) is 0. The van der Waals surface area contributed by atoms with Crippen molar-refractivity contribution in [3.05, 3.63) is 39.9 Å². The smallest absolute Gasteiger partial charge is 0.244 e. The SMILES string of the molecule is CC(C)(CCO)CNC(=O)/C=C/c1cc(Cl)cc(Cl)c1. The fourth-order valence-corrected chi connectivity index (χ4v) is 2.16. The fraction of sp³-hybridized carbons (Fsp3) is 0.400. The van der Waals surface area contributed by atoms with Crippen molar-refractivity contribution in [1.29, 1.82) is 0 Å². The molecular weight excluding hydrogens is 297 g/mol. The maximum absolute atomic E-state index is 11.7. The Balaban J connectivity index is 2.55. The average Bonchev–Trinajstić information content (AvgIpc) is 2.33. The van der Waals surface area contributed by atoms with Crippen LogP contribution in [0.15, 0.2) is 24.3 Å². The fourth-order valence-electron chi connectivity index (χ4n) is 1.62. The molecule has 1 aromatic rings.